The van der Waals surface area contributed by atoms with E-state index in [0.29, 0.717) is 35.8 Å². The first-order valence-corrected chi connectivity index (χ1v) is 11.0. The molecule has 0 N–H and O–H groups in total. The molecule has 1 aromatic heterocycles. The monoisotopic (exact) mass is 514 g/mol. The summed E-state index contributed by atoms with van der Waals surface area (Å²) in [6.07, 6.45) is 1.49. The summed E-state index contributed by atoms with van der Waals surface area (Å²) < 4.78 is 34.9. The van der Waals surface area contributed by atoms with Crippen LogP contribution < -0.4 is 4.90 Å². The summed E-state index contributed by atoms with van der Waals surface area (Å²) in [6, 6.07) is 0.926. The number of carbonyl (C=O) groups is 1. The lowest BCUT2D eigenvalue weighted by molar-refractivity contribution is 0.0199. The minimum Gasteiger partial charge on any atom is -0.444 e. The maximum Gasteiger partial charge on any atom is 0.410 e. The normalized spacial score (nSPS) is 23.0. The summed E-state index contributed by atoms with van der Waals surface area (Å²) in [6.45, 7) is 10.1. The zero-order valence-electron chi connectivity index (χ0n) is 17.4. The van der Waals surface area contributed by atoms with Crippen molar-refractivity contribution < 1.29 is 18.3 Å². The van der Waals surface area contributed by atoms with Gasteiger partial charge in [-0.2, -0.15) is 14.4 Å². The van der Waals surface area contributed by atoms with Crippen molar-refractivity contribution in [2.75, 3.05) is 18.0 Å². The molecule has 2 bridgehead atoms. The van der Waals surface area contributed by atoms with Crippen LogP contribution in [0.4, 0.5) is 19.4 Å². The lowest BCUT2D eigenvalue weighted by Crippen LogP contribution is -2.56. The van der Waals surface area contributed by atoms with Crippen LogP contribution in [0.3, 0.4) is 0 Å². The van der Waals surface area contributed by atoms with E-state index in [1.165, 1.54) is 0 Å². The van der Waals surface area contributed by atoms with Gasteiger partial charge in [-0.3, -0.25) is 0 Å². The van der Waals surface area contributed by atoms with E-state index in [1.54, 1.807) is 11.0 Å². The van der Waals surface area contributed by atoms with E-state index < -0.39 is 29.1 Å². The summed E-state index contributed by atoms with van der Waals surface area (Å²) in [4.78, 5) is 24.1. The first-order chi connectivity index (χ1) is 14.5. The number of nitrogens with zero attached hydrogens (tertiary/aromatic N) is 4. The van der Waals surface area contributed by atoms with E-state index in [2.05, 4.69) is 32.5 Å². The van der Waals surface area contributed by atoms with Gasteiger partial charge in [0.1, 0.15) is 16.9 Å². The van der Waals surface area contributed by atoms with Crippen LogP contribution >= 0.6 is 27.5 Å². The smallest absolute Gasteiger partial charge is 0.410 e. The van der Waals surface area contributed by atoms with Crippen molar-refractivity contribution >= 4 is 50.3 Å². The van der Waals surface area contributed by atoms with Crippen molar-refractivity contribution in [1.82, 2.24) is 14.9 Å². The van der Waals surface area contributed by atoms with Gasteiger partial charge in [-0.25, -0.2) is 9.18 Å². The number of aromatic nitrogens is 2. The van der Waals surface area contributed by atoms with Gasteiger partial charge in [0.05, 0.1) is 22.0 Å². The fourth-order valence-electron chi connectivity index (χ4n) is 4.55. The Bertz CT molecular complexity index is 1090. The Morgan fingerprint density at radius 3 is 2.81 bits per heavy atom. The van der Waals surface area contributed by atoms with Gasteiger partial charge in [0.2, 0.25) is 0 Å². The maximum atomic E-state index is 14.6. The molecule has 0 aliphatic carbocycles. The standard InChI is InChI=1S/C21H22BrClF2N4O2/c1-5-6-21-8-11(28(10-21)19(30)31-20(2,3)4)9-29(21)17-14-15(22)12(23)7-13(24)16(14)26-18(25)27-17/h5,7,11H,1,6,8-10H2,2-4H3/t11-,21-/m1/s1. The molecule has 4 rings (SSSR count). The Morgan fingerprint density at radius 2 is 2.16 bits per heavy atom. The van der Waals surface area contributed by atoms with Gasteiger partial charge in [0, 0.05) is 17.6 Å². The first kappa shape index (κ1) is 22.2. The molecule has 31 heavy (non-hydrogen) atoms. The van der Waals surface area contributed by atoms with Crippen molar-refractivity contribution in [3.05, 3.63) is 40.1 Å². The highest BCUT2D eigenvalue weighted by molar-refractivity contribution is 9.10. The Kier molecular flexibility index (Phi) is 5.41. The highest BCUT2D eigenvalue weighted by Crippen LogP contribution is 2.48. The molecule has 1 amide bonds. The molecule has 0 radical (unpaired) electrons. The lowest BCUT2D eigenvalue weighted by atomic mass is 9.93. The SMILES string of the molecule is C=CC[C@]12C[C@H](CN1c1nc(F)nc3c(F)cc(Cl)c(Br)c13)N(C(=O)OC(C)(C)C)C2. The van der Waals surface area contributed by atoms with Crippen LogP contribution in [-0.2, 0) is 4.74 Å². The van der Waals surface area contributed by atoms with Crippen LogP contribution in [0.15, 0.2) is 23.2 Å². The Morgan fingerprint density at radius 1 is 1.45 bits per heavy atom. The average Bonchev–Trinajstić information content (AvgIpc) is 3.20. The minimum atomic E-state index is -1.03. The van der Waals surface area contributed by atoms with E-state index in [0.717, 1.165) is 6.07 Å². The second kappa shape index (κ2) is 7.55. The number of halogens is 4. The Balaban J connectivity index is 1.80. The second-order valence-electron chi connectivity index (χ2n) is 8.99. The summed E-state index contributed by atoms with van der Waals surface area (Å²) >= 11 is 9.56. The van der Waals surface area contributed by atoms with Crippen molar-refractivity contribution in [2.24, 2.45) is 0 Å². The van der Waals surface area contributed by atoms with Gasteiger partial charge in [0.25, 0.3) is 0 Å². The van der Waals surface area contributed by atoms with Crippen LogP contribution in [0, 0.1) is 11.9 Å². The molecule has 10 heteroatoms. The molecule has 0 unspecified atom stereocenters. The maximum absolute atomic E-state index is 14.6. The molecule has 166 valence electrons. The number of fused-ring (bicyclic) bond motifs is 3. The molecule has 2 atom stereocenters. The Labute approximate surface area is 192 Å². The molecule has 2 aromatic rings. The zero-order chi connectivity index (χ0) is 22.7. The Hall–Kier alpha value is -2.00. The van der Waals surface area contributed by atoms with Gasteiger partial charge in [-0.05, 0) is 55.6 Å². The van der Waals surface area contributed by atoms with Crippen LogP contribution in [0.2, 0.25) is 5.02 Å². The second-order valence-corrected chi connectivity index (χ2v) is 10.2. The summed E-state index contributed by atoms with van der Waals surface area (Å²) in [5, 5.41) is 0.435. The summed E-state index contributed by atoms with van der Waals surface area (Å²) in [7, 11) is 0. The van der Waals surface area contributed by atoms with Gasteiger partial charge >= 0.3 is 12.2 Å². The number of amides is 1. The fourth-order valence-corrected chi connectivity index (χ4v) is 5.22. The minimum absolute atomic E-state index is 0.138. The molecule has 3 heterocycles. The third kappa shape index (κ3) is 3.75. The van der Waals surface area contributed by atoms with Gasteiger partial charge < -0.3 is 14.5 Å². The lowest BCUT2D eigenvalue weighted by Gasteiger charge is -2.43. The van der Waals surface area contributed by atoms with Crippen LogP contribution in [-0.4, -0.2) is 51.2 Å². The molecule has 1 aromatic carbocycles. The van der Waals surface area contributed by atoms with E-state index >= 15 is 0 Å². The van der Waals surface area contributed by atoms with Crippen molar-refractivity contribution in [3.8, 4) is 0 Å². The van der Waals surface area contributed by atoms with Crippen LogP contribution in [0.1, 0.15) is 33.6 Å². The van der Waals surface area contributed by atoms with Crippen molar-refractivity contribution in [3.63, 3.8) is 0 Å². The predicted molar refractivity (Wildman–Crippen MR) is 118 cm³/mol. The first-order valence-electron chi connectivity index (χ1n) is 9.85. The number of ether oxygens (including phenoxy) is 1. The average molecular weight is 516 g/mol. The largest absolute Gasteiger partial charge is 0.444 e. The van der Waals surface area contributed by atoms with Crippen LogP contribution in [0.5, 0.6) is 0 Å². The van der Waals surface area contributed by atoms with E-state index in [4.69, 9.17) is 16.3 Å². The van der Waals surface area contributed by atoms with Crippen molar-refractivity contribution in [2.45, 2.75) is 50.8 Å². The molecule has 2 aliphatic heterocycles. The number of hydrogen-bond donors (Lipinski definition) is 0. The van der Waals surface area contributed by atoms with Crippen molar-refractivity contribution in [1.29, 1.82) is 0 Å². The van der Waals surface area contributed by atoms with E-state index in [1.807, 2.05) is 25.7 Å². The highest BCUT2D eigenvalue weighted by Gasteiger charge is 2.57. The molecule has 2 saturated heterocycles. The number of piperazine rings is 1. The molecule has 2 aliphatic rings. The van der Waals surface area contributed by atoms with Gasteiger partial charge in [0.15, 0.2) is 5.82 Å². The summed E-state index contributed by atoms with van der Waals surface area (Å²) in [5.74, 6) is -0.493. The van der Waals surface area contributed by atoms with Gasteiger partial charge in [-0.15, -0.1) is 6.58 Å². The van der Waals surface area contributed by atoms with Crippen LogP contribution in [0.25, 0.3) is 10.9 Å². The summed E-state index contributed by atoms with van der Waals surface area (Å²) in [5.41, 5.74) is -1.34. The number of carbonyl (C=O) groups excluding carboxylic acids is 1. The molecular weight excluding hydrogens is 494 g/mol. The quantitative estimate of drug-likeness (QED) is 0.308. The highest BCUT2D eigenvalue weighted by atomic mass is 79.9. The number of anilines is 1. The zero-order valence-corrected chi connectivity index (χ0v) is 19.7. The van der Waals surface area contributed by atoms with E-state index in [-0.39, 0.29) is 22.4 Å². The van der Waals surface area contributed by atoms with E-state index in [9.17, 15) is 13.6 Å². The topological polar surface area (TPSA) is 58.6 Å². The molecule has 0 saturated carbocycles. The van der Waals surface area contributed by atoms with Gasteiger partial charge in [-0.1, -0.05) is 17.7 Å². The molecule has 0 spiro atoms. The predicted octanol–water partition coefficient (Wildman–Crippen LogP) is 5.47. The number of rotatable bonds is 3. The third-order valence-electron chi connectivity index (χ3n) is 5.67. The fraction of sp³-hybridized carbons (Fsp3) is 0.476. The molecule has 6 nitrogen and oxygen atoms in total. The number of benzene rings is 1. The third-order valence-corrected chi connectivity index (χ3v) is 7.02. The molecular formula is C21H22BrClF2N4O2. The number of likely N-dealkylation sites (tertiary alicyclic amines) is 1. The molecule has 2 fully saturated rings. The number of hydrogen-bond acceptors (Lipinski definition) is 5.